The number of anilines is 2. The summed E-state index contributed by atoms with van der Waals surface area (Å²) in [5.41, 5.74) is 5.70. The molecule has 3 N–H and O–H groups in total. The third-order valence-electron chi connectivity index (χ3n) is 4.57. The van der Waals surface area contributed by atoms with Crippen molar-refractivity contribution in [1.29, 1.82) is 0 Å². The lowest BCUT2D eigenvalue weighted by atomic mass is 10.1. The Morgan fingerprint density at radius 3 is 2.52 bits per heavy atom. The fraction of sp³-hybridized carbons (Fsp3) is 0.286. The van der Waals surface area contributed by atoms with Gasteiger partial charge in [0.1, 0.15) is 5.82 Å². The van der Waals surface area contributed by atoms with Gasteiger partial charge in [-0.15, -0.1) is 0 Å². The van der Waals surface area contributed by atoms with Crippen molar-refractivity contribution in [2.24, 2.45) is 5.92 Å². The third-order valence-corrected chi connectivity index (χ3v) is 4.57. The number of hydrogen-bond acceptors (Lipinski definition) is 5. The highest BCUT2D eigenvalue weighted by molar-refractivity contribution is 6.05. The minimum Gasteiger partial charge on any atom is -0.459 e. The van der Waals surface area contributed by atoms with Crippen LogP contribution >= 0.6 is 0 Å². The minimum atomic E-state index is -0.708. The van der Waals surface area contributed by atoms with Crippen LogP contribution in [0.5, 0.6) is 0 Å². The zero-order valence-corrected chi connectivity index (χ0v) is 16.4. The number of aromatic amines is 1. The van der Waals surface area contributed by atoms with Gasteiger partial charge in [-0.05, 0) is 30.0 Å². The molecule has 0 aliphatic heterocycles. The first-order valence-corrected chi connectivity index (χ1v) is 9.40. The van der Waals surface area contributed by atoms with Crippen molar-refractivity contribution in [1.82, 2.24) is 9.55 Å². The first kappa shape index (κ1) is 20.2. The summed E-state index contributed by atoms with van der Waals surface area (Å²) in [6.07, 6.45) is 2.03. The fourth-order valence-corrected chi connectivity index (χ4v) is 3.00. The normalized spacial score (nSPS) is 11.0. The summed E-state index contributed by atoms with van der Waals surface area (Å²) in [5, 5.41) is 0. The van der Waals surface area contributed by atoms with E-state index in [-0.39, 0.29) is 36.3 Å². The van der Waals surface area contributed by atoms with Gasteiger partial charge in [-0.2, -0.15) is 0 Å². The van der Waals surface area contributed by atoms with Crippen LogP contribution < -0.4 is 21.9 Å². The van der Waals surface area contributed by atoms with Crippen LogP contribution in [0.3, 0.4) is 0 Å². The highest BCUT2D eigenvalue weighted by Gasteiger charge is 2.26. The Labute approximate surface area is 167 Å². The van der Waals surface area contributed by atoms with Crippen molar-refractivity contribution in [3.8, 4) is 0 Å². The molecule has 1 aromatic carbocycles. The maximum absolute atomic E-state index is 13.0. The van der Waals surface area contributed by atoms with Crippen LogP contribution in [-0.4, -0.2) is 22.0 Å². The van der Waals surface area contributed by atoms with Crippen LogP contribution in [0.1, 0.15) is 36.4 Å². The number of aromatic nitrogens is 2. The molecule has 152 valence electrons. The van der Waals surface area contributed by atoms with Crippen LogP contribution in [-0.2, 0) is 6.54 Å². The van der Waals surface area contributed by atoms with E-state index in [0.29, 0.717) is 6.42 Å². The molecule has 0 aliphatic carbocycles. The molecule has 1 amide bonds. The average molecular weight is 396 g/mol. The van der Waals surface area contributed by atoms with Crippen molar-refractivity contribution in [2.45, 2.75) is 26.8 Å². The van der Waals surface area contributed by atoms with E-state index >= 15 is 0 Å². The van der Waals surface area contributed by atoms with Gasteiger partial charge >= 0.3 is 5.69 Å². The molecule has 0 aliphatic rings. The van der Waals surface area contributed by atoms with Gasteiger partial charge in [-0.25, -0.2) is 4.79 Å². The molecule has 3 aromatic rings. The number of benzene rings is 1. The highest BCUT2D eigenvalue weighted by Crippen LogP contribution is 2.21. The van der Waals surface area contributed by atoms with E-state index in [1.807, 2.05) is 44.2 Å². The van der Waals surface area contributed by atoms with E-state index in [1.54, 1.807) is 6.07 Å². The number of amides is 1. The monoisotopic (exact) mass is 396 g/mol. The molecule has 0 atom stereocenters. The summed E-state index contributed by atoms with van der Waals surface area (Å²) < 4.78 is 6.47. The summed E-state index contributed by atoms with van der Waals surface area (Å²) in [6.45, 7) is 4.45. The number of nitrogens with two attached hydrogens (primary N) is 1. The zero-order chi connectivity index (χ0) is 21.0. The Bertz CT molecular complexity index is 1080. The maximum Gasteiger partial charge on any atom is 0.330 e. The van der Waals surface area contributed by atoms with Crippen molar-refractivity contribution < 1.29 is 9.21 Å². The van der Waals surface area contributed by atoms with E-state index in [9.17, 15) is 14.4 Å². The molecule has 2 heterocycles. The Kier molecular flexibility index (Phi) is 6.01. The molecular formula is C21H24N4O4. The van der Waals surface area contributed by atoms with E-state index < -0.39 is 17.2 Å². The number of hydrogen-bond donors (Lipinski definition) is 2. The van der Waals surface area contributed by atoms with Crippen LogP contribution in [0.25, 0.3) is 0 Å². The zero-order valence-electron chi connectivity index (χ0n) is 16.4. The molecule has 0 fully saturated rings. The van der Waals surface area contributed by atoms with Gasteiger partial charge < -0.3 is 10.2 Å². The number of rotatable bonds is 7. The van der Waals surface area contributed by atoms with Gasteiger partial charge in [-0.3, -0.25) is 24.0 Å². The summed E-state index contributed by atoms with van der Waals surface area (Å²) in [6, 6.07) is 12.4. The molecule has 2 aromatic heterocycles. The SMILES string of the molecule is CC(C)CCN(C(=O)c1ccco1)c1c(N)n(Cc2ccccc2)c(=O)[nH]c1=O. The highest BCUT2D eigenvalue weighted by atomic mass is 16.3. The van der Waals surface area contributed by atoms with E-state index in [4.69, 9.17) is 10.2 Å². The molecule has 0 radical (unpaired) electrons. The van der Waals surface area contributed by atoms with Gasteiger partial charge in [0.05, 0.1) is 12.8 Å². The van der Waals surface area contributed by atoms with E-state index in [2.05, 4.69) is 4.98 Å². The number of furan rings is 1. The number of nitrogens with zero attached hydrogens (tertiary/aromatic N) is 2. The maximum atomic E-state index is 13.0. The summed E-state index contributed by atoms with van der Waals surface area (Å²) >= 11 is 0. The predicted octanol–water partition coefficient (Wildman–Crippen LogP) is 2.45. The van der Waals surface area contributed by atoms with Crippen molar-refractivity contribution in [3.05, 3.63) is 80.9 Å². The largest absolute Gasteiger partial charge is 0.459 e. The molecule has 0 saturated carbocycles. The molecule has 0 unspecified atom stereocenters. The first-order valence-electron chi connectivity index (χ1n) is 9.40. The van der Waals surface area contributed by atoms with E-state index in [0.717, 1.165) is 5.56 Å². The number of nitrogens with one attached hydrogen (secondary N) is 1. The standard InChI is InChI=1S/C21H24N4O4/c1-14(2)10-11-24(20(27)16-9-6-12-29-16)17-18(22)25(21(28)23-19(17)26)13-15-7-4-3-5-8-15/h3-9,12,14H,10-11,13,22H2,1-2H3,(H,23,26,28). The smallest absolute Gasteiger partial charge is 0.330 e. The van der Waals surface area contributed by atoms with Crippen LogP contribution in [0.4, 0.5) is 11.5 Å². The quantitative estimate of drug-likeness (QED) is 0.637. The van der Waals surface area contributed by atoms with Crippen molar-refractivity contribution in [2.75, 3.05) is 17.2 Å². The molecule has 0 saturated heterocycles. The van der Waals surface area contributed by atoms with Gasteiger partial charge in [0.25, 0.3) is 11.5 Å². The van der Waals surface area contributed by atoms with E-state index in [1.165, 1.54) is 21.8 Å². The first-order chi connectivity index (χ1) is 13.9. The topological polar surface area (TPSA) is 114 Å². The predicted molar refractivity (Wildman–Crippen MR) is 111 cm³/mol. The van der Waals surface area contributed by atoms with Gasteiger partial charge in [0, 0.05) is 6.54 Å². The Balaban J connectivity index is 2.09. The fourth-order valence-electron chi connectivity index (χ4n) is 3.00. The second-order valence-corrected chi connectivity index (χ2v) is 7.18. The molecule has 8 nitrogen and oxygen atoms in total. The van der Waals surface area contributed by atoms with Crippen LogP contribution in [0, 0.1) is 5.92 Å². The number of nitrogen functional groups attached to an aromatic ring is 1. The number of H-pyrrole nitrogens is 1. The van der Waals surface area contributed by atoms with Crippen molar-refractivity contribution in [3.63, 3.8) is 0 Å². The summed E-state index contributed by atoms with van der Waals surface area (Å²) in [4.78, 5) is 41.6. The number of carbonyl (C=O) groups is 1. The lowest BCUT2D eigenvalue weighted by Crippen LogP contribution is -2.42. The third kappa shape index (κ3) is 4.48. The number of carbonyl (C=O) groups excluding carboxylic acids is 1. The average Bonchev–Trinajstić information content (AvgIpc) is 3.22. The van der Waals surface area contributed by atoms with Gasteiger partial charge in [-0.1, -0.05) is 44.2 Å². The lowest BCUT2D eigenvalue weighted by Gasteiger charge is -2.24. The summed E-state index contributed by atoms with van der Waals surface area (Å²) in [7, 11) is 0. The minimum absolute atomic E-state index is 0.0532. The Morgan fingerprint density at radius 2 is 1.90 bits per heavy atom. The second kappa shape index (κ2) is 8.64. The van der Waals surface area contributed by atoms with Crippen molar-refractivity contribution >= 4 is 17.4 Å². The molecule has 0 spiro atoms. The Hall–Kier alpha value is -3.55. The lowest BCUT2D eigenvalue weighted by molar-refractivity contribution is 0.0959. The Morgan fingerprint density at radius 1 is 1.17 bits per heavy atom. The molecule has 3 rings (SSSR count). The van der Waals surface area contributed by atoms with Crippen LogP contribution in [0.2, 0.25) is 0 Å². The second-order valence-electron chi connectivity index (χ2n) is 7.18. The molecule has 8 heteroatoms. The molecule has 0 bridgehead atoms. The summed E-state index contributed by atoms with van der Waals surface area (Å²) in [5.74, 6) is -0.171. The van der Waals surface area contributed by atoms with Gasteiger partial charge in [0.15, 0.2) is 11.4 Å². The molecular weight excluding hydrogens is 372 g/mol. The van der Waals surface area contributed by atoms with Gasteiger partial charge in [0.2, 0.25) is 0 Å². The van der Waals surface area contributed by atoms with Crippen LogP contribution in [0.15, 0.2) is 62.7 Å². The molecule has 29 heavy (non-hydrogen) atoms.